The molecule has 0 saturated carbocycles. The number of hydrogen-bond acceptors (Lipinski definition) is 4. The molecule has 6 nitrogen and oxygen atoms in total. The number of ether oxygens (including phenoxy) is 1. The molecule has 6 heteroatoms. The molecule has 0 atom stereocenters. The summed E-state index contributed by atoms with van der Waals surface area (Å²) in [5.41, 5.74) is 7.53. The van der Waals surface area contributed by atoms with Crippen LogP contribution in [0.1, 0.15) is 17.5 Å². The zero-order chi connectivity index (χ0) is 14.4. The Morgan fingerprint density at radius 3 is 2.75 bits per heavy atom. The van der Waals surface area contributed by atoms with E-state index < -0.39 is 0 Å². The van der Waals surface area contributed by atoms with E-state index >= 15 is 0 Å². The van der Waals surface area contributed by atoms with Crippen molar-refractivity contribution in [3.05, 3.63) is 41.6 Å². The number of aromatic amines is 1. The van der Waals surface area contributed by atoms with Crippen molar-refractivity contribution in [2.75, 3.05) is 12.8 Å². The smallest absolute Gasteiger partial charge is 0.220 e. The summed E-state index contributed by atoms with van der Waals surface area (Å²) < 4.78 is 5.09. The van der Waals surface area contributed by atoms with E-state index in [0.717, 1.165) is 16.9 Å². The molecule has 0 bridgehead atoms. The molecular weight excluding hydrogens is 256 g/mol. The molecule has 0 unspecified atom stereocenters. The summed E-state index contributed by atoms with van der Waals surface area (Å²) in [6.45, 7) is 0.393. The number of nitrogens with zero attached hydrogens (tertiary/aromatic N) is 1. The first-order valence-corrected chi connectivity index (χ1v) is 6.36. The molecule has 106 valence electrons. The number of aryl methyl sites for hydroxylation is 1. The van der Waals surface area contributed by atoms with Gasteiger partial charge in [0.2, 0.25) is 5.91 Å². The van der Waals surface area contributed by atoms with Crippen molar-refractivity contribution in [3.8, 4) is 5.75 Å². The first-order chi connectivity index (χ1) is 9.69. The molecule has 0 aliphatic rings. The monoisotopic (exact) mass is 274 g/mol. The summed E-state index contributed by atoms with van der Waals surface area (Å²) in [4.78, 5) is 11.7. The lowest BCUT2D eigenvalue weighted by molar-refractivity contribution is -0.121. The van der Waals surface area contributed by atoms with Crippen LogP contribution in [0.25, 0.3) is 0 Å². The maximum Gasteiger partial charge on any atom is 0.220 e. The number of H-pyrrole nitrogens is 1. The molecule has 0 aliphatic heterocycles. The van der Waals surface area contributed by atoms with Crippen LogP contribution < -0.4 is 15.8 Å². The van der Waals surface area contributed by atoms with Crippen molar-refractivity contribution >= 4 is 11.7 Å². The highest BCUT2D eigenvalue weighted by molar-refractivity contribution is 5.76. The Balaban J connectivity index is 1.75. The predicted molar refractivity (Wildman–Crippen MR) is 76.2 cm³/mol. The van der Waals surface area contributed by atoms with Crippen molar-refractivity contribution in [1.29, 1.82) is 0 Å². The summed E-state index contributed by atoms with van der Waals surface area (Å²) in [5, 5.41) is 9.24. The van der Waals surface area contributed by atoms with Crippen LogP contribution in [0, 0.1) is 0 Å². The third kappa shape index (κ3) is 3.74. The normalized spacial score (nSPS) is 10.2. The van der Waals surface area contributed by atoms with E-state index in [-0.39, 0.29) is 5.91 Å². The van der Waals surface area contributed by atoms with Gasteiger partial charge in [0.05, 0.1) is 13.3 Å². The molecule has 2 aromatic rings. The summed E-state index contributed by atoms with van der Waals surface area (Å²) in [7, 11) is 1.63. The van der Waals surface area contributed by atoms with E-state index in [9.17, 15) is 4.79 Å². The van der Waals surface area contributed by atoms with E-state index in [1.165, 1.54) is 0 Å². The average molecular weight is 274 g/mol. The number of methoxy groups -OCH3 is 1. The molecule has 0 aliphatic carbocycles. The fourth-order valence-corrected chi connectivity index (χ4v) is 1.79. The minimum atomic E-state index is -0.0126. The molecule has 4 N–H and O–H groups in total. The number of nitrogens with two attached hydrogens (primary N) is 1. The number of benzene rings is 1. The molecule has 2 rings (SSSR count). The molecule has 1 aromatic carbocycles. The molecule has 0 fully saturated rings. The number of amides is 1. The minimum absolute atomic E-state index is 0.0126. The highest BCUT2D eigenvalue weighted by Gasteiger charge is 2.05. The van der Waals surface area contributed by atoms with Crippen molar-refractivity contribution in [3.63, 3.8) is 0 Å². The van der Waals surface area contributed by atoms with Crippen molar-refractivity contribution in [2.24, 2.45) is 0 Å². The van der Waals surface area contributed by atoms with Crippen LogP contribution in [0.4, 0.5) is 5.82 Å². The largest absolute Gasteiger partial charge is 0.497 e. The second-order valence-electron chi connectivity index (χ2n) is 4.43. The van der Waals surface area contributed by atoms with Gasteiger partial charge in [-0.25, -0.2) is 0 Å². The van der Waals surface area contributed by atoms with E-state index in [1.54, 1.807) is 13.3 Å². The Labute approximate surface area is 117 Å². The summed E-state index contributed by atoms with van der Waals surface area (Å²) in [5.74, 6) is 1.29. The Morgan fingerprint density at radius 1 is 1.40 bits per heavy atom. The van der Waals surface area contributed by atoms with E-state index in [4.69, 9.17) is 10.5 Å². The van der Waals surface area contributed by atoms with Crippen molar-refractivity contribution < 1.29 is 9.53 Å². The number of aromatic nitrogens is 2. The fraction of sp³-hybridized carbons (Fsp3) is 0.286. The average Bonchev–Trinajstić information content (AvgIpc) is 2.89. The van der Waals surface area contributed by atoms with Gasteiger partial charge in [0.25, 0.3) is 0 Å². The first-order valence-electron chi connectivity index (χ1n) is 6.36. The van der Waals surface area contributed by atoms with Gasteiger partial charge in [-0.3, -0.25) is 9.89 Å². The topological polar surface area (TPSA) is 93.0 Å². The summed E-state index contributed by atoms with van der Waals surface area (Å²) in [6, 6.07) is 7.69. The van der Waals surface area contributed by atoms with E-state index in [2.05, 4.69) is 15.5 Å². The molecule has 1 heterocycles. The van der Waals surface area contributed by atoms with Gasteiger partial charge in [-0.1, -0.05) is 12.1 Å². The Hall–Kier alpha value is -2.50. The Bertz CT molecular complexity index is 563. The second-order valence-corrected chi connectivity index (χ2v) is 4.43. The Kier molecular flexibility index (Phi) is 4.60. The van der Waals surface area contributed by atoms with Gasteiger partial charge in [-0.2, -0.15) is 5.10 Å². The fourth-order valence-electron chi connectivity index (χ4n) is 1.79. The van der Waals surface area contributed by atoms with Gasteiger partial charge in [0, 0.05) is 18.5 Å². The third-order valence-electron chi connectivity index (χ3n) is 3.03. The molecule has 1 amide bonds. The van der Waals surface area contributed by atoms with E-state index in [1.807, 2.05) is 24.3 Å². The zero-order valence-corrected chi connectivity index (χ0v) is 11.3. The van der Waals surface area contributed by atoms with Crippen LogP contribution in [0.5, 0.6) is 5.75 Å². The predicted octanol–water partition coefficient (Wildman–Crippen LogP) is 1.25. The van der Waals surface area contributed by atoms with Crippen LogP contribution in [0.15, 0.2) is 30.5 Å². The number of carbonyl (C=O) groups excluding carboxylic acids is 1. The lowest BCUT2D eigenvalue weighted by atomic mass is 10.1. The van der Waals surface area contributed by atoms with Gasteiger partial charge >= 0.3 is 0 Å². The SMILES string of the molecule is COc1ccc(CCC(=O)NCc2cn[nH]c2N)cc1. The minimum Gasteiger partial charge on any atom is -0.497 e. The molecule has 1 aromatic heterocycles. The maximum absolute atomic E-state index is 11.7. The molecule has 0 saturated heterocycles. The summed E-state index contributed by atoms with van der Waals surface area (Å²) in [6.07, 6.45) is 2.74. The standard InChI is InChI=1S/C14H18N4O2/c1-20-12-5-2-10(3-6-12)4-7-13(19)16-8-11-9-17-18-14(11)15/h2-3,5-6,9H,4,7-8H2,1H3,(H,16,19)(H3,15,17,18). The molecule has 0 radical (unpaired) electrons. The van der Waals surface area contributed by atoms with Gasteiger partial charge in [0.1, 0.15) is 11.6 Å². The zero-order valence-electron chi connectivity index (χ0n) is 11.3. The van der Waals surface area contributed by atoms with Gasteiger partial charge in [-0.15, -0.1) is 0 Å². The van der Waals surface area contributed by atoms with Crippen LogP contribution in [0.3, 0.4) is 0 Å². The number of nitrogens with one attached hydrogen (secondary N) is 2. The lowest BCUT2D eigenvalue weighted by Gasteiger charge is -2.05. The third-order valence-corrected chi connectivity index (χ3v) is 3.03. The van der Waals surface area contributed by atoms with Crippen LogP contribution in [0.2, 0.25) is 0 Å². The van der Waals surface area contributed by atoms with Crippen LogP contribution in [-0.2, 0) is 17.8 Å². The van der Waals surface area contributed by atoms with Gasteiger partial charge in [0.15, 0.2) is 0 Å². The second kappa shape index (κ2) is 6.60. The molecule has 20 heavy (non-hydrogen) atoms. The maximum atomic E-state index is 11.7. The highest BCUT2D eigenvalue weighted by atomic mass is 16.5. The molecule has 0 spiro atoms. The Morgan fingerprint density at radius 2 is 2.15 bits per heavy atom. The van der Waals surface area contributed by atoms with Crippen LogP contribution >= 0.6 is 0 Å². The van der Waals surface area contributed by atoms with Gasteiger partial charge in [-0.05, 0) is 24.1 Å². The van der Waals surface area contributed by atoms with Crippen molar-refractivity contribution in [2.45, 2.75) is 19.4 Å². The number of anilines is 1. The lowest BCUT2D eigenvalue weighted by Crippen LogP contribution is -2.23. The van der Waals surface area contributed by atoms with E-state index in [0.29, 0.717) is 25.2 Å². The number of hydrogen-bond donors (Lipinski definition) is 3. The van der Waals surface area contributed by atoms with Crippen molar-refractivity contribution in [1.82, 2.24) is 15.5 Å². The number of rotatable bonds is 6. The first kappa shape index (κ1) is 13.9. The summed E-state index contributed by atoms with van der Waals surface area (Å²) >= 11 is 0. The quantitative estimate of drug-likeness (QED) is 0.739. The molecular formula is C14H18N4O2. The number of nitrogen functional groups attached to an aromatic ring is 1. The van der Waals surface area contributed by atoms with Crippen LogP contribution in [-0.4, -0.2) is 23.2 Å². The highest BCUT2D eigenvalue weighted by Crippen LogP contribution is 2.12. The number of carbonyl (C=O) groups is 1. The van der Waals surface area contributed by atoms with Gasteiger partial charge < -0.3 is 15.8 Å².